The third-order valence-corrected chi connectivity index (χ3v) is 4.44. The summed E-state index contributed by atoms with van der Waals surface area (Å²) in [6.45, 7) is 7.66. The van der Waals surface area contributed by atoms with E-state index < -0.39 is 0 Å². The number of rotatable bonds is 3. The Bertz CT molecular complexity index is 440. The van der Waals surface area contributed by atoms with E-state index in [1.54, 1.807) is 6.07 Å². The molecule has 0 N–H and O–H groups in total. The lowest BCUT2D eigenvalue weighted by atomic mass is 10.1. The Balaban J connectivity index is 1.61. The van der Waals surface area contributed by atoms with Crippen LogP contribution in [-0.4, -0.2) is 37.6 Å². The molecule has 0 saturated carbocycles. The smallest absolute Gasteiger partial charge is 0.146 e. The zero-order chi connectivity index (χ0) is 13.2. The third-order valence-electron chi connectivity index (χ3n) is 4.44. The molecule has 1 atom stereocenters. The minimum absolute atomic E-state index is 0.0678. The number of benzene rings is 1. The SMILES string of the molecule is Cc1ccc(N2CC[C@@H](CN3CCCC3)C2)c(F)c1. The van der Waals surface area contributed by atoms with Crippen LogP contribution in [0.25, 0.3) is 0 Å². The van der Waals surface area contributed by atoms with Crippen molar-refractivity contribution in [1.82, 2.24) is 4.90 Å². The predicted molar refractivity (Wildman–Crippen MR) is 77.1 cm³/mol. The maximum atomic E-state index is 14.0. The summed E-state index contributed by atoms with van der Waals surface area (Å²) in [4.78, 5) is 4.79. The maximum Gasteiger partial charge on any atom is 0.146 e. The second kappa shape index (κ2) is 5.49. The number of hydrogen-bond donors (Lipinski definition) is 0. The van der Waals surface area contributed by atoms with Gasteiger partial charge in [-0.25, -0.2) is 4.39 Å². The van der Waals surface area contributed by atoms with Crippen molar-refractivity contribution in [3.8, 4) is 0 Å². The van der Waals surface area contributed by atoms with Crippen molar-refractivity contribution in [3.05, 3.63) is 29.6 Å². The molecule has 0 radical (unpaired) electrons. The van der Waals surface area contributed by atoms with E-state index in [1.165, 1.54) is 38.9 Å². The van der Waals surface area contributed by atoms with E-state index in [2.05, 4.69) is 9.80 Å². The van der Waals surface area contributed by atoms with Crippen molar-refractivity contribution in [2.45, 2.75) is 26.2 Å². The minimum Gasteiger partial charge on any atom is -0.369 e. The topological polar surface area (TPSA) is 6.48 Å². The Morgan fingerprint density at radius 2 is 2.00 bits per heavy atom. The first-order valence-corrected chi connectivity index (χ1v) is 7.46. The highest BCUT2D eigenvalue weighted by atomic mass is 19.1. The Morgan fingerprint density at radius 3 is 2.74 bits per heavy atom. The van der Waals surface area contributed by atoms with E-state index in [9.17, 15) is 4.39 Å². The highest BCUT2D eigenvalue weighted by Gasteiger charge is 2.26. The summed E-state index contributed by atoms with van der Waals surface area (Å²) in [5.74, 6) is 0.639. The van der Waals surface area contributed by atoms with E-state index in [4.69, 9.17) is 0 Å². The van der Waals surface area contributed by atoms with Gasteiger partial charge in [0.05, 0.1) is 5.69 Å². The van der Waals surface area contributed by atoms with Crippen molar-refractivity contribution in [1.29, 1.82) is 0 Å². The predicted octanol–water partition coefficient (Wildman–Crippen LogP) is 3.06. The van der Waals surface area contributed by atoms with E-state index >= 15 is 0 Å². The van der Waals surface area contributed by atoms with E-state index in [0.29, 0.717) is 5.92 Å². The van der Waals surface area contributed by atoms with Gasteiger partial charge < -0.3 is 9.80 Å². The number of halogens is 1. The molecule has 2 aliphatic heterocycles. The second-order valence-electron chi connectivity index (χ2n) is 6.06. The Hall–Kier alpha value is -1.09. The number of nitrogens with zero attached hydrogens (tertiary/aromatic N) is 2. The fourth-order valence-corrected chi connectivity index (χ4v) is 3.40. The summed E-state index contributed by atoms with van der Waals surface area (Å²) in [5, 5.41) is 0. The van der Waals surface area contributed by atoms with Gasteiger partial charge in [0.2, 0.25) is 0 Å². The van der Waals surface area contributed by atoms with Crippen molar-refractivity contribution in [2.75, 3.05) is 37.6 Å². The van der Waals surface area contributed by atoms with Gasteiger partial charge in [-0.1, -0.05) is 6.07 Å². The molecule has 104 valence electrons. The van der Waals surface area contributed by atoms with E-state index in [0.717, 1.165) is 24.3 Å². The molecule has 0 unspecified atom stereocenters. The highest BCUT2D eigenvalue weighted by Crippen LogP contribution is 2.27. The molecule has 19 heavy (non-hydrogen) atoms. The zero-order valence-corrected chi connectivity index (χ0v) is 11.7. The van der Waals surface area contributed by atoms with Gasteiger partial charge in [0.25, 0.3) is 0 Å². The lowest BCUT2D eigenvalue weighted by molar-refractivity contribution is 0.289. The van der Waals surface area contributed by atoms with Crippen LogP contribution in [0.4, 0.5) is 10.1 Å². The number of aryl methyl sites for hydroxylation is 1. The van der Waals surface area contributed by atoms with Gasteiger partial charge in [0, 0.05) is 19.6 Å². The molecular formula is C16H23FN2. The van der Waals surface area contributed by atoms with Crippen molar-refractivity contribution in [3.63, 3.8) is 0 Å². The van der Waals surface area contributed by atoms with Gasteiger partial charge in [-0.2, -0.15) is 0 Å². The first-order chi connectivity index (χ1) is 9.22. The van der Waals surface area contributed by atoms with Gasteiger partial charge in [0.15, 0.2) is 0 Å². The third kappa shape index (κ3) is 2.92. The molecule has 0 aromatic heterocycles. The molecular weight excluding hydrogens is 239 g/mol. The van der Waals surface area contributed by atoms with Gasteiger partial charge in [-0.3, -0.25) is 0 Å². The average molecular weight is 262 g/mol. The summed E-state index contributed by atoms with van der Waals surface area (Å²) >= 11 is 0. The number of anilines is 1. The molecule has 2 saturated heterocycles. The van der Waals surface area contributed by atoms with E-state index in [-0.39, 0.29) is 5.82 Å². The standard InChI is InChI=1S/C16H23FN2/c1-13-4-5-16(15(17)10-13)19-9-6-14(12-19)11-18-7-2-3-8-18/h4-5,10,14H,2-3,6-9,11-12H2,1H3/t14-/m0/s1. The largest absolute Gasteiger partial charge is 0.369 e. The summed E-state index contributed by atoms with van der Waals surface area (Å²) in [5.41, 5.74) is 1.78. The van der Waals surface area contributed by atoms with Crippen LogP contribution in [0.1, 0.15) is 24.8 Å². The van der Waals surface area contributed by atoms with Crippen LogP contribution in [0.2, 0.25) is 0 Å². The number of hydrogen-bond acceptors (Lipinski definition) is 2. The maximum absolute atomic E-state index is 14.0. The Kier molecular flexibility index (Phi) is 3.74. The van der Waals surface area contributed by atoms with Crippen LogP contribution in [0.15, 0.2) is 18.2 Å². The molecule has 2 aliphatic rings. The number of likely N-dealkylation sites (tertiary alicyclic amines) is 1. The highest BCUT2D eigenvalue weighted by molar-refractivity contribution is 5.49. The normalized spacial score (nSPS) is 24.3. The first kappa shape index (κ1) is 12.9. The van der Waals surface area contributed by atoms with Crippen molar-refractivity contribution < 1.29 is 4.39 Å². The van der Waals surface area contributed by atoms with E-state index in [1.807, 2.05) is 19.1 Å². The molecule has 2 heterocycles. The zero-order valence-electron chi connectivity index (χ0n) is 11.7. The molecule has 0 aliphatic carbocycles. The van der Waals surface area contributed by atoms with Gasteiger partial charge in [-0.05, 0) is 62.9 Å². The molecule has 0 bridgehead atoms. The van der Waals surface area contributed by atoms with Gasteiger partial charge >= 0.3 is 0 Å². The fraction of sp³-hybridized carbons (Fsp3) is 0.625. The van der Waals surface area contributed by atoms with Crippen molar-refractivity contribution >= 4 is 5.69 Å². The molecule has 0 amide bonds. The lowest BCUT2D eigenvalue weighted by Crippen LogP contribution is -2.29. The lowest BCUT2D eigenvalue weighted by Gasteiger charge is -2.22. The minimum atomic E-state index is -0.0678. The molecule has 1 aromatic carbocycles. The van der Waals surface area contributed by atoms with Crippen LogP contribution in [-0.2, 0) is 0 Å². The molecule has 3 rings (SSSR count). The summed E-state index contributed by atoms with van der Waals surface area (Å²) in [6, 6.07) is 5.58. The second-order valence-corrected chi connectivity index (χ2v) is 6.06. The quantitative estimate of drug-likeness (QED) is 0.826. The Morgan fingerprint density at radius 1 is 1.21 bits per heavy atom. The first-order valence-electron chi connectivity index (χ1n) is 7.46. The fourth-order valence-electron chi connectivity index (χ4n) is 3.40. The molecule has 3 heteroatoms. The molecule has 2 fully saturated rings. The molecule has 0 spiro atoms. The van der Waals surface area contributed by atoms with Gasteiger partial charge in [-0.15, -0.1) is 0 Å². The Labute approximate surface area is 115 Å². The summed E-state index contributed by atoms with van der Waals surface area (Å²) in [6.07, 6.45) is 3.90. The molecule has 2 nitrogen and oxygen atoms in total. The van der Waals surface area contributed by atoms with Crippen LogP contribution >= 0.6 is 0 Å². The monoisotopic (exact) mass is 262 g/mol. The average Bonchev–Trinajstić information content (AvgIpc) is 3.01. The van der Waals surface area contributed by atoms with Crippen LogP contribution < -0.4 is 4.90 Å². The summed E-state index contributed by atoms with van der Waals surface area (Å²) in [7, 11) is 0. The van der Waals surface area contributed by atoms with Crippen LogP contribution in [0, 0.1) is 18.7 Å². The summed E-state index contributed by atoms with van der Waals surface area (Å²) < 4.78 is 14.0. The molecule has 1 aromatic rings. The van der Waals surface area contributed by atoms with Crippen LogP contribution in [0.3, 0.4) is 0 Å². The van der Waals surface area contributed by atoms with Crippen molar-refractivity contribution in [2.24, 2.45) is 5.92 Å². The van der Waals surface area contributed by atoms with Crippen LogP contribution in [0.5, 0.6) is 0 Å². The van der Waals surface area contributed by atoms with Gasteiger partial charge in [0.1, 0.15) is 5.82 Å².